The van der Waals surface area contributed by atoms with E-state index >= 15 is 0 Å². The number of fused-ring (bicyclic) bond motifs is 39. The third-order valence-corrected chi connectivity index (χ3v) is 35.5. The molecule has 0 aliphatic rings. The van der Waals surface area contributed by atoms with Crippen molar-refractivity contribution >= 4 is 266 Å². The van der Waals surface area contributed by atoms with Crippen LogP contribution in [0.5, 0.6) is 0 Å². The zero-order valence-corrected chi connectivity index (χ0v) is 83.8. The van der Waals surface area contributed by atoms with Crippen molar-refractivity contribution in [1.29, 1.82) is 0 Å². The molecule has 9 heterocycles. The number of benzene rings is 24. The van der Waals surface area contributed by atoms with E-state index in [2.05, 4.69) is 529 Å². The van der Waals surface area contributed by atoms with E-state index in [1.807, 2.05) is 23.5 Å². The number of hydrogen-bond donors (Lipinski definition) is 0. The SMILES string of the molecule is c1cc(-c2ccc3c(c2)c2cccc4c5ccccc5c5ccccc5c5ccccc5n3c42)cc(-c2cccc3c2[se]c2ccccc23)c1.c1cc(-c2ccc3c(c2)c2cccc4c5ccccc5c5ccccc5c5ccccc5n3c42)cc(-c2cccc3c2oc2ccccc23)c1.c1cc(-c2ccc3c(c2)c2cccc4c5ccccc5c5ccccc5c5ccccc5n3c42)cc(-c2cccc3c2sc2ccccc23)c1. The number of para-hydroxylation sites is 8. The maximum Gasteiger partial charge on any atom is 0.143 e. The topological polar surface area (TPSA) is 26.4 Å². The van der Waals surface area contributed by atoms with Crippen molar-refractivity contribution in [1.82, 2.24) is 13.2 Å². The van der Waals surface area contributed by atoms with Crippen LogP contribution in [0.25, 0.3) is 307 Å². The number of rotatable bonds is 6. The fraction of sp³-hybridized carbons (Fsp3) is 0. The predicted molar refractivity (Wildman–Crippen MR) is 646 cm³/mol. The Labute approximate surface area is 871 Å². The number of thiophene rings is 1. The first kappa shape index (κ1) is 85.6. The summed E-state index contributed by atoms with van der Waals surface area (Å²) < 4.78 is 19.6. The normalized spacial score (nSPS) is 12.0. The van der Waals surface area contributed by atoms with E-state index < -0.39 is 0 Å². The van der Waals surface area contributed by atoms with Gasteiger partial charge in [-0.3, -0.25) is 0 Å². The first-order valence-electron chi connectivity index (χ1n) is 51.6. The quantitative estimate of drug-likeness (QED) is 0.152. The molecule has 0 saturated carbocycles. The van der Waals surface area contributed by atoms with Gasteiger partial charge in [0.1, 0.15) is 11.2 Å². The fourth-order valence-electron chi connectivity index (χ4n) is 25.1. The summed E-state index contributed by atoms with van der Waals surface area (Å²) in [6, 6.07) is 194. The minimum atomic E-state index is 0.301. The molecule has 4 nitrogen and oxygen atoms in total. The van der Waals surface area contributed by atoms with Crippen molar-refractivity contribution < 1.29 is 4.42 Å². The van der Waals surface area contributed by atoms with Gasteiger partial charge < -0.3 is 13.2 Å². The first-order valence-corrected chi connectivity index (χ1v) is 54.1. The molecular weight excluding hydrogens is 1900 g/mol. The third-order valence-electron chi connectivity index (χ3n) is 31.7. The van der Waals surface area contributed by atoms with Crippen LogP contribution in [0.2, 0.25) is 0 Å². The number of nitrogens with zero attached hydrogens (tertiary/aromatic N) is 3. The fourth-order valence-corrected chi connectivity index (χ4v) is 28.9. The van der Waals surface area contributed by atoms with Crippen molar-refractivity contribution in [3.8, 4) is 66.8 Å². The Morgan fingerprint density at radius 3 is 0.853 bits per heavy atom. The molecule has 0 spiro atoms. The summed E-state index contributed by atoms with van der Waals surface area (Å²) in [7, 11) is 0. The van der Waals surface area contributed by atoms with Gasteiger partial charge >= 0.3 is 213 Å². The Morgan fingerprint density at radius 2 is 0.427 bits per heavy atom. The monoisotopic (exact) mass is 1990 g/mol. The molecule has 0 atom stereocenters. The molecule has 0 radical (unpaired) electrons. The zero-order chi connectivity index (χ0) is 98.3. The van der Waals surface area contributed by atoms with Gasteiger partial charge in [0.25, 0.3) is 0 Å². The van der Waals surface area contributed by atoms with E-state index in [1.54, 1.807) is 0 Å². The summed E-state index contributed by atoms with van der Waals surface area (Å²) in [5.74, 6) is 0. The van der Waals surface area contributed by atoms with E-state index in [1.165, 1.54) is 274 Å². The second-order valence-corrected chi connectivity index (χ2v) is 43.0. The third kappa shape index (κ3) is 13.4. The maximum atomic E-state index is 6.42. The van der Waals surface area contributed by atoms with Gasteiger partial charge in [0.15, 0.2) is 0 Å². The summed E-state index contributed by atoms with van der Waals surface area (Å²) in [6.07, 6.45) is 0. The molecule has 0 aliphatic heterocycles. The molecule has 0 N–H and O–H groups in total. The largest absolute Gasteiger partial charge is 0.455 e. The summed E-state index contributed by atoms with van der Waals surface area (Å²) in [4.78, 5) is 0. The van der Waals surface area contributed by atoms with E-state index in [0.29, 0.717) is 14.5 Å². The minimum Gasteiger partial charge on any atom is -0.455 e. The average molecular weight is 1990 g/mol. The molecule has 9 aromatic heterocycles. The summed E-state index contributed by atoms with van der Waals surface area (Å²) >= 11 is 2.19. The first-order chi connectivity index (χ1) is 74.4. The minimum absolute atomic E-state index is 0.301. The van der Waals surface area contributed by atoms with Crippen molar-refractivity contribution in [3.63, 3.8) is 0 Å². The zero-order valence-electron chi connectivity index (χ0n) is 81.3. The maximum absolute atomic E-state index is 6.42. The van der Waals surface area contributed by atoms with Crippen molar-refractivity contribution in [2.24, 2.45) is 0 Å². The van der Waals surface area contributed by atoms with Gasteiger partial charge in [-0.1, -0.05) is 358 Å². The van der Waals surface area contributed by atoms with Crippen LogP contribution in [-0.2, 0) is 0 Å². The van der Waals surface area contributed by atoms with Crippen molar-refractivity contribution in [3.05, 3.63) is 528 Å². The molecule has 0 saturated heterocycles. The van der Waals surface area contributed by atoms with Gasteiger partial charge in [0.05, 0.1) is 33.1 Å². The van der Waals surface area contributed by atoms with Gasteiger partial charge in [-0.2, -0.15) is 0 Å². The molecule has 6 heteroatoms. The Hall–Kier alpha value is -18.8. The second-order valence-electron chi connectivity index (χ2n) is 39.7. The number of aromatic nitrogens is 3. The van der Waals surface area contributed by atoms with Crippen LogP contribution < -0.4 is 0 Å². The van der Waals surface area contributed by atoms with Gasteiger partial charge in [-0.15, -0.1) is 11.3 Å². The van der Waals surface area contributed by atoms with Crippen molar-refractivity contribution in [2.75, 3.05) is 0 Å². The molecule has 696 valence electrons. The van der Waals surface area contributed by atoms with Gasteiger partial charge in [-0.05, 0) is 159 Å². The molecule has 0 unspecified atom stereocenters. The molecule has 24 aromatic carbocycles. The molecule has 0 fully saturated rings. The van der Waals surface area contributed by atoms with Crippen LogP contribution in [0.3, 0.4) is 0 Å². The summed E-state index contributed by atoms with van der Waals surface area (Å²) in [5, 5.41) is 37.8. The molecule has 33 aromatic rings. The van der Waals surface area contributed by atoms with Gasteiger partial charge in [0.2, 0.25) is 0 Å². The van der Waals surface area contributed by atoms with Crippen LogP contribution >= 0.6 is 11.3 Å². The summed E-state index contributed by atoms with van der Waals surface area (Å²) in [6.45, 7) is 0. The molecular formula is C144H87N3OSSe. The molecule has 0 amide bonds. The Bertz CT molecular complexity index is 10700. The van der Waals surface area contributed by atoms with Crippen LogP contribution in [0, 0.1) is 0 Å². The van der Waals surface area contributed by atoms with E-state index in [9.17, 15) is 0 Å². The van der Waals surface area contributed by atoms with E-state index in [4.69, 9.17) is 4.42 Å². The summed E-state index contributed by atoms with van der Waals surface area (Å²) in [5.41, 5.74) is 27.5. The van der Waals surface area contributed by atoms with Crippen molar-refractivity contribution in [2.45, 2.75) is 0 Å². The van der Waals surface area contributed by atoms with Crippen LogP contribution in [0.1, 0.15) is 0 Å². The molecule has 33 rings (SSSR count). The number of furan rings is 1. The smallest absolute Gasteiger partial charge is 0.143 e. The van der Waals surface area contributed by atoms with E-state index in [0.717, 1.165) is 33.1 Å². The average Bonchev–Trinajstić information content (AvgIpc) is 1.56. The van der Waals surface area contributed by atoms with Crippen LogP contribution in [0.4, 0.5) is 0 Å². The molecule has 0 aliphatic carbocycles. The second kappa shape index (κ2) is 34.5. The Balaban J connectivity index is 0.000000101. The standard InChI is InChI=1S/C48H29NO.C48H29NS.C48H29NSe/c3*1-3-16-36-34(14-1)35-15-2-4-17-37(35)40-21-11-22-41-43-29-31(26-27-45(43)49(47(40)41)44-24-7-5-18-38(36)44)30-12-9-13-32(28-30)33-20-10-23-42-39-19-6-8-25-46(39)50-48(33)42/h3*1-29H. The van der Waals surface area contributed by atoms with Gasteiger partial charge in [0, 0.05) is 79.6 Å². The predicted octanol–water partition coefficient (Wildman–Crippen LogP) is 40.4. The van der Waals surface area contributed by atoms with Crippen LogP contribution in [0.15, 0.2) is 532 Å². The Kier molecular flexibility index (Phi) is 19.7. The Morgan fingerprint density at radius 1 is 0.160 bits per heavy atom. The molecule has 0 bridgehead atoms. The van der Waals surface area contributed by atoms with Gasteiger partial charge in [-0.25, -0.2) is 0 Å². The van der Waals surface area contributed by atoms with Crippen LogP contribution in [-0.4, -0.2) is 27.7 Å². The molecule has 150 heavy (non-hydrogen) atoms. The number of hydrogen-bond acceptors (Lipinski definition) is 2. The van der Waals surface area contributed by atoms with E-state index in [-0.39, 0.29) is 0 Å².